The highest BCUT2D eigenvalue weighted by atomic mass is 19.1. The zero-order valence-corrected chi connectivity index (χ0v) is 10.2. The summed E-state index contributed by atoms with van der Waals surface area (Å²) in [7, 11) is 0. The van der Waals surface area contributed by atoms with E-state index >= 15 is 0 Å². The monoisotopic (exact) mass is 263 g/mol. The highest BCUT2D eigenvalue weighted by Crippen LogP contribution is 2.15. The van der Waals surface area contributed by atoms with Gasteiger partial charge in [0.05, 0.1) is 24.4 Å². The Bertz CT molecular complexity index is 608. The van der Waals surface area contributed by atoms with Crippen LogP contribution in [0.5, 0.6) is 0 Å². The van der Waals surface area contributed by atoms with E-state index in [1.165, 1.54) is 0 Å². The first kappa shape index (κ1) is 13.2. The topological polar surface area (TPSA) is 61.9 Å². The van der Waals surface area contributed by atoms with Crippen molar-refractivity contribution in [2.24, 2.45) is 0 Å². The molecule has 0 aliphatic rings. The number of oxazole rings is 1. The first-order chi connectivity index (χ1) is 9.10. The molecular formula is C13H11F2N3O. The smallest absolute Gasteiger partial charge is 0.208 e. The standard InChI is InChI=1S/C13H11F2N3O/c1-8-5-18-13(19-8)7-17-6-10-11(14)2-9(4-16)3-12(10)15/h2-3,5,17H,6-7H2,1H3. The molecule has 0 saturated heterocycles. The lowest BCUT2D eigenvalue weighted by Crippen LogP contribution is -2.15. The van der Waals surface area contributed by atoms with E-state index in [0.717, 1.165) is 12.1 Å². The van der Waals surface area contributed by atoms with Crippen LogP contribution in [0.4, 0.5) is 8.78 Å². The number of nitriles is 1. The Morgan fingerprint density at radius 3 is 2.53 bits per heavy atom. The lowest BCUT2D eigenvalue weighted by molar-refractivity contribution is 0.443. The molecule has 1 aromatic carbocycles. The van der Waals surface area contributed by atoms with Crippen molar-refractivity contribution >= 4 is 0 Å². The second kappa shape index (κ2) is 5.59. The lowest BCUT2D eigenvalue weighted by Gasteiger charge is -2.06. The maximum absolute atomic E-state index is 13.6. The SMILES string of the molecule is Cc1cnc(CNCc2c(F)cc(C#N)cc2F)o1. The van der Waals surface area contributed by atoms with Gasteiger partial charge in [0.15, 0.2) is 0 Å². The molecule has 0 spiro atoms. The van der Waals surface area contributed by atoms with Crippen LogP contribution in [0.1, 0.15) is 22.8 Å². The van der Waals surface area contributed by atoms with Gasteiger partial charge in [0.2, 0.25) is 5.89 Å². The van der Waals surface area contributed by atoms with E-state index in [4.69, 9.17) is 9.68 Å². The van der Waals surface area contributed by atoms with Crippen LogP contribution in [-0.4, -0.2) is 4.98 Å². The number of rotatable bonds is 4. The van der Waals surface area contributed by atoms with Crippen molar-refractivity contribution in [1.82, 2.24) is 10.3 Å². The number of halogens is 2. The fourth-order valence-corrected chi connectivity index (χ4v) is 1.61. The number of aromatic nitrogens is 1. The molecule has 6 heteroatoms. The van der Waals surface area contributed by atoms with E-state index in [2.05, 4.69) is 10.3 Å². The fraction of sp³-hybridized carbons (Fsp3) is 0.231. The second-order valence-electron chi connectivity index (χ2n) is 4.00. The zero-order chi connectivity index (χ0) is 13.8. The quantitative estimate of drug-likeness (QED) is 0.920. The molecule has 0 aliphatic heterocycles. The van der Waals surface area contributed by atoms with Crippen molar-refractivity contribution in [1.29, 1.82) is 5.26 Å². The van der Waals surface area contributed by atoms with E-state index in [0.29, 0.717) is 11.7 Å². The van der Waals surface area contributed by atoms with Crippen LogP contribution < -0.4 is 5.32 Å². The highest BCUT2D eigenvalue weighted by molar-refractivity contribution is 5.34. The average Bonchev–Trinajstić information content (AvgIpc) is 2.78. The first-order valence-corrected chi connectivity index (χ1v) is 5.60. The van der Waals surface area contributed by atoms with Crippen molar-refractivity contribution in [3.05, 3.63) is 52.7 Å². The second-order valence-corrected chi connectivity index (χ2v) is 4.00. The molecule has 19 heavy (non-hydrogen) atoms. The van der Waals surface area contributed by atoms with E-state index in [1.54, 1.807) is 19.2 Å². The van der Waals surface area contributed by atoms with Gasteiger partial charge in [0.25, 0.3) is 0 Å². The summed E-state index contributed by atoms with van der Waals surface area (Å²) in [6.07, 6.45) is 1.57. The van der Waals surface area contributed by atoms with Crippen LogP contribution >= 0.6 is 0 Å². The van der Waals surface area contributed by atoms with Gasteiger partial charge in [-0.1, -0.05) is 0 Å². The van der Waals surface area contributed by atoms with Crippen molar-refractivity contribution in [3.8, 4) is 6.07 Å². The molecule has 1 heterocycles. The minimum Gasteiger partial charge on any atom is -0.445 e. The largest absolute Gasteiger partial charge is 0.445 e. The molecule has 0 radical (unpaired) electrons. The first-order valence-electron chi connectivity index (χ1n) is 5.60. The number of nitrogens with zero attached hydrogens (tertiary/aromatic N) is 2. The van der Waals surface area contributed by atoms with E-state index in [-0.39, 0.29) is 24.2 Å². The van der Waals surface area contributed by atoms with Gasteiger partial charge in [-0.2, -0.15) is 5.26 Å². The molecule has 0 aliphatic carbocycles. The van der Waals surface area contributed by atoms with Gasteiger partial charge in [0, 0.05) is 12.1 Å². The van der Waals surface area contributed by atoms with Crippen LogP contribution in [0.3, 0.4) is 0 Å². The van der Waals surface area contributed by atoms with Crippen molar-refractivity contribution in [2.75, 3.05) is 0 Å². The summed E-state index contributed by atoms with van der Waals surface area (Å²) in [6.45, 7) is 2.02. The maximum atomic E-state index is 13.6. The third-order valence-corrected chi connectivity index (χ3v) is 2.52. The molecule has 2 rings (SSSR count). The minimum atomic E-state index is -0.743. The van der Waals surface area contributed by atoms with Gasteiger partial charge in [-0.15, -0.1) is 0 Å². The Hall–Kier alpha value is -2.26. The van der Waals surface area contributed by atoms with Crippen LogP contribution in [-0.2, 0) is 13.1 Å². The molecule has 0 atom stereocenters. The Morgan fingerprint density at radius 2 is 2.00 bits per heavy atom. The summed E-state index contributed by atoms with van der Waals surface area (Å²) in [4.78, 5) is 3.96. The molecule has 0 bridgehead atoms. The van der Waals surface area contributed by atoms with E-state index in [1.807, 2.05) is 0 Å². The van der Waals surface area contributed by atoms with Crippen molar-refractivity contribution in [2.45, 2.75) is 20.0 Å². The third-order valence-electron chi connectivity index (χ3n) is 2.52. The van der Waals surface area contributed by atoms with Crippen LogP contribution in [0.2, 0.25) is 0 Å². The normalized spacial score (nSPS) is 10.4. The highest BCUT2D eigenvalue weighted by Gasteiger charge is 2.11. The predicted octanol–water partition coefficient (Wildman–Crippen LogP) is 2.42. The Kier molecular flexibility index (Phi) is 3.88. The lowest BCUT2D eigenvalue weighted by atomic mass is 10.1. The molecular weight excluding hydrogens is 252 g/mol. The van der Waals surface area contributed by atoms with Gasteiger partial charge in [-0.25, -0.2) is 13.8 Å². The Morgan fingerprint density at radius 1 is 1.32 bits per heavy atom. The average molecular weight is 263 g/mol. The molecule has 0 fully saturated rings. The third kappa shape index (κ3) is 3.14. The van der Waals surface area contributed by atoms with Gasteiger partial charge in [-0.3, -0.25) is 0 Å². The van der Waals surface area contributed by atoms with Crippen molar-refractivity contribution in [3.63, 3.8) is 0 Å². The van der Waals surface area contributed by atoms with Gasteiger partial charge in [-0.05, 0) is 19.1 Å². The molecule has 4 nitrogen and oxygen atoms in total. The summed E-state index contributed by atoms with van der Waals surface area (Å²) in [5.74, 6) is -0.361. The molecule has 98 valence electrons. The number of benzene rings is 1. The van der Waals surface area contributed by atoms with Gasteiger partial charge in [0.1, 0.15) is 17.4 Å². The summed E-state index contributed by atoms with van der Waals surface area (Å²) < 4.78 is 32.3. The predicted molar refractivity (Wildman–Crippen MR) is 62.9 cm³/mol. The number of hydrogen-bond acceptors (Lipinski definition) is 4. The van der Waals surface area contributed by atoms with Crippen molar-refractivity contribution < 1.29 is 13.2 Å². The minimum absolute atomic E-state index is 0.00912. The molecule has 2 aromatic rings. The molecule has 0 amide bonds. The number of hydrogen-bond donors (Lipinski definition) is 1. The number of aryl methyl sites for hydroxylation is 1. The molecule has 1 N–H and O–H groups in total. The summed E-state index contributed by atoms with van der Waals surface area (Å²) >= 11 is 0. The van der Waals surface area contributed by atoms with E-state index in [9.17, 15) is 8.78 Å². The van der Waals surface area contributed by atoms with Gasteiger partial charge >= 0.3 is 0 Å². The fourth-order valence-electron chi connectivity index (χ4n) is 1.61. The Balaban J connectivity index is 2.02. The molecule has 0 saturated carbocycles. The maximum Gasteiger partial charge on any atom is 0.208 e. The Labute approximate surface area is 108 Å². The van der Waals surface area contributed by atoms with Crippen LogP contribution in [0.25, 0.3) is 0 Å². The summed E-state index contributed by atoms with van der Waals surface area (Å²) in [6, 6.07) is 3.71. The van der Waals surface area contributed by atoms with E-state index < -0.39 is 11.6 Å². The summed E-state index contributed by atoms with van der Waals surface area (Å²) in [5.41, 5.74) is -0.149. The molecule has 0 unspecified atom stereocenters. The van der Waals surface area contributed by atoms with Crippen LogP contribution in [0, 0.1) is 29.9 Å². The zero-order valence-electron chi connectivity index (χ0n) is 10.2. The van der Waals surface area contributed by atoms with Gasteiger partial charge < -0.3 is 9.73 Å². The number of nitrogens with one attached hydrogen (secondary N) is 1. The molecule has 1 aromatic heterocycles. The summed E-state index contributed by atoms with van der Waals surface area (Å²) in [5, 5.41) is 11.4. The van der Waals surface area contributed by atoms with Crippen LogP contribution in [0.15, 0.2) is 22.7 Å².